The Morgan fingerprint density at radius 2 is 1.89 bits per heavy atom. The molecule has 0 spiro atoms. The van der Waals surface area contributed by atoms with Crippen molar-refractivity contribution in [2.75, 3.05) is 0 Å². The maximum Gasteiger partial charge on any atom is 0.0350 e. The van der Waals surface area contributed by atoms with Crippen molar-refractivity contribution in [3.05, 3.63) is 0 Å². The molecule has 0 aliphatic carbocycles. The van der Waals surface area contributed by atoms with Crippen molar-refractivity contribution in [2.45, 2.75) is 34.1 Å². The van der Waals surface area contributed by atoms with Gasteiger partial charge in [-0.25, -0.2) is 0 Å². The van der Waals surface area contributed by atoms with E-state index in [2.05, 4.69) is 25.9 Å². The van der Waals surface area contributed by atoms with E-state index in [9.17, 15) is 0 Å². The first-order chi connectivity index (χ1) is 3.95. The Hall–Kier alpha value is -0.530. The van der Waals surface area contributed by atoms with Crippen LogP contribution >= 0.6 is 0 Å². The highest BCUT2D eigenvalue weighted by Gasteiger charge is 2.10. The summed E-state index contributed by atoms with van der Waals surface area (Å²) in [6, 6.07) is 0. The normalized spacial score (nSPS) is 14.0. The molecule has 0 fully saturated rings. The number of nitrogens with two attached hydrogens (primary N) is 1. The van der Waals surface area contributed by atoms with Gasteiger partial charge in [-0.15, -0.1) is 0 Å². The molecule has 0 bridgehead atoms. The van der Waals surface area contributed by atoms with E-state index < -0.39 is 0 Å². The Labute approximate surface area is 57.1 Å². The first-order valence-corrected chi connectivity index (χ1v) is 3.19. The van der Waals surface area contributed by atoms with Gasteiger partial charge in [0.25, 0.3) is 0 Å². The van der Waals surface area contributed by atoms with Crippen LogP contribution in [0.5, 0.6) is 0 Å². The van der Waals surface area contributed by atoms with Crippen LogP contribution < -0.4 is 5.84 Å². The Balaban J connectivity index is 3.75. The van der Waals surface area contributed by atoms with Gasteiger partial charge in [-0.1, -0.05) is 20.8 Å². The topological polar surface area (TPSA) is 38.4 Å². The minimum absolute atomic E-state index is 0.312. The summed E-state index contributed by atoms with van der Waals surface area (Å²) in [6.07, 6.45) is 0.976. The molecule has 0 aromatic heterocycles. The van der Waals surface area contributed by atoms with E-state index in [1.165, 1.54) is 0 Å². The predicted octanol–water partition coefficient (Wildman–Crippen LogP) is 1.76. The molecule has 0 unspecified atom stereocenters. The molecule has 2 heteroatoms. The summed E-state index contributed by atoms with van der Waals surface area (Å²) in [4.78, 5) is 0. The standard InChI is InChI=1S/C7H16N2/c1-6(9-8)5-7(2,3)4/h5,8H2,1-4H3. The molecule has 54 valence electrons. The quantitative estimate of drug-likeness (QED) is 0.326. The predicted molar refractivity (Wildman–Crippen MR) is 41.4 cm³/mol. The van der Waals surface area contributed by atoms with E-state index in [-0.39, 0.29) is 0 Å². The van der Waals surface area contributed by atoms with Gasteiger partial charge in [0.15, 0.2) is 0 Å². The van der Waals surface area contributed by atoms with Gasteiger partial charge in [0.2, 0.25) is 0 Å². The van der Waals surface area contributed by atoms with Gasteiger partial charge < -0.3 is 5.84 Å². The fraction of sp³-hybridized carbons (Fsp3) is 0.857. The molecule has 0 radical (unpaired) electrons. The highest BCUT2D eigenvalue weighted by molar-refractivity contribution is 5.82. The van der Waals surface area contributed by atoms with Gasteiger partial charge in [0.05, 0.1) is 0 Å². The Bertz CT molecular complexity index is 109. The third kappa shape index (κ3) is 5.34. The fourth-order valence-corrected chi connectivity index (χ4v) is 0.813. The summed E-state index contributed by atoms with van der Waals surface area (Å²) in [5, 5.41) is 3.59. The summed E-state index contributed by atoms with van der Waals surface area (Å²) in [5.74, 6) is 5.07. The van der Waals surface area contributed by atoms with Crippen LogP contribution in [0.15, 0.2) is 5.10 Å². The average molecular weight is 128 g/mol. The minimum atomic E-state index is 0.312. The molecule has 0 saturated carbocycles. The van der Waals surface area contributed by atoms with Crippen molar-refractivity contribution in [1.82, 2.24) is 0 Å². The van der Waals surface area contributed by atoms with E-state index in [4.69, 9.17) is 5.84 Å². The monoisotopic (exact) mass is 128 g/mol. The Morgan fingerprint density at radius 3 is 2.00 bits per heavy atom. The average Bonchev–Trinajstić information content (AvgIpc) is 1.62. The number of nitrogens with zero attached hydrogens (tertiary/aromatic N) is 1. The van der Waals surface area contributed by atoms with E-state index in [0.717, 1.165) is 12.1 Å². The van der Waals surface area contributed by atoms with Crippen LogP contribution in [0.25, 0.3) is 0 Å². The van der Waals surface area contributed by atoms with Gasteiger partial charge in [-0.05, 0) is 18.8 Å². The van der Waals surface area contributed by atoms with Crippen molar-refractivity contribution < 1.29 is 0 Å². The second-order valence-electron chi connectivity index (χ2n) is 3.60. The molecule has 2 nitrogen and oxygen atoms in total. The third-order valence-electron chi connectivity index (χ3n) is 1.01. The van der Waals surface area contributed by atoms with Crippen molar-refractivity contribution in [3.63, 3.8) is 0 Å². The molecule has 0 aromatic rings. The lowest BCUT2D eigenvalue weighted by Gasteiger charge is -2.16. The van der Waals surface area contributed by atoms with Crippen LogP contribution in [0, 0.1) is 5.41 Å². The molecule has 0 rings (SSSR count). The lowest BCUT2D eigenvalue weighted by molar-refractivity contribution is 0.433. The van der Waals surface area contributed by atoms with Gasteiger partial charge in [0, 0.05) is 5.71 Å². The second-order valence-corrected chi connectivity index (χ2v) is 3.60. The van der Waals surface area contributed by atoms with E-state index in [1.54, 1.807) is 0 Å². The van der Waals surface area contributed by atoms with Gasteiger partial charge in [-0.2, -0.15) is 5.10 Å². The molecule has 9 heavy (non-hydrogen) atoms. The summed E-state index contributed by atoms with van der Waals surface area (Å²) in [6.45, 7) is 8.45. The van der Waals surface area contributed by atoms with Crippen LogP contribution in [-0.4, -0.2) is 5.71 Å². The molecular weight excluding hydrogens is 112 g/mol. The summed E-state index contributed by atoms with van der Waals surface area (Å²) in [5.41, 5.74) is 1.33. The highest BCUT2D eigenvalue weighted by atomic mass is 15.1. The molecular formula is C7H16N2. The van der Waals surface area contributed by atoms with E-state index >= 15 is 0 Å². The zero-order valence-electron chi connectivity index (χ0n) is 6.73. The zero-order valence-corrected chi connectivity index (χ0v) is 6.73. The molecule has 2 N–H and O–H groups in total. The SMILES string of the molecule is CC(CC(C)(C)C)=NN. The van der Waals surface area contributed by atoms with Crippen molar-refractivity contribution in [1.29, 1.82) is 0 Å². The van der Waals surface area contributed by atoms with Crippen molar-refractivity contribution in [3.8, 4) is 0 Å². The number of rotatable bonds is 1. The maximum absolute atomic E-state index is 5.07. The molecule has 0 saturated heterocycles. The number of hydrogen-bond donors (Lipinski definition) is 1. The lowest BCUT2D eigenvalue weighted by Crippen LogP contribution is -2.11. The van der Waals surface area contributed by atoms with E-state index in [0.29, 0.717) is 5.41 Å². The van der Waals surface area contributed by atoms with Crippen LogP contribution in [0.2, 0.25) is 0 Å². The van der Waals surface area contributed by atoms with Crippen molar-refractivity contribution >= 4 is 5.71 Å². The van der Waals surface area contributed by atoms with Crippen LogP contribution in [0.1, 0.15) is 34.1 Å². The largest absolute Gasteiger partial charge is 0.323 e. The van der Waals surface area contributed by atoms with Gasteiger partial charge >= 0.3 is 0 Å². The van der Waals surface area contributed by atoms with Crippen LogP contribution in [0.4, 0.5) is 0 Å². The first kappa shape index (κ1) is 8.47. The molecule has 0 heterocycles. The summed E-state index contributed by atoms with van der Waals surface area (Å²) >= 11 is 0. The summed E-state index contributed by atoms with van der Waals surface area (Å²) in [7, 11) is 0. The first-order valence-electron chi connectivity index (χ1n) is 3.19. The smallest absolute Gasteiger partial charge is 0.0350 e. The Kier molecular flexibility index (Phi) is 2.68. The van der Waals surface area contributed by atoms with Crippen LogP contribution in [0.3, 0.4) is 0 Å². The van der Waals surface area contributed by atoms with Gasteiger partial charge in [-0.3, -0.25) is 0 Å². The number of hydrogen-bond acceptors (Lipinski definition) is 2. The molecule has 0 amide bonds. The minimum Gasteiger partial charge on any atom is -0.323 e. The van der Waals surface area contributed by atoms with Gasteiger partial charge in [0.1, 0.15) is 0 Å². The molecule has 0 aromatic carbocycles. The lowest BCUT2D eigenvalue weighted by atomic mass is 9.90. The third-order valence-corrected chi connectivity index (χ3v) is 1.01. The highest BCUT2D eigenvalue weighted by Crippen LogP contribution is 2.18. The Morgan fingerprint density at radius 1 is 1.44 bits per heavy atom. The zero-order chi connectivity index (χ0) is 7.49. The maximum atomic E-state index is 5.07. The molecule has 0 aliphatic rings. The number of hydrazone groups is 1. The molecule has 0 aliphatic heterocycles. The summed E-state index contributed by atoms with van der Waals surface area (Å²) < 4.78 is 0. The van der Waals surface area contributed by atoms with E-state index in [1.807, 2.05) is 6.92 Å². The fourth-order valence-electron chi connectivity index (χ4n) is 0.813. The second kappa shape index (κ2) is 2.85. The van der Waals surface area contributed by atoms with Crippen LogP contribution in [-0.2, 0) is 0 Å². The van der Waals surface area contributed by atoms with Crippen molar-refractivity contribution in [2.24, 2.45) is 16.4 Å². The molecule has 0 atom stereocenters.